The minimum absolute atomic E-state index is 0.0348. The van der Waals surface area contributed by atoms with Crippen molar-refractivity contribution < 1.29 is 17.9 Å². The molecule has 1 N–H and O–H groups in total. The van der Waals surface area contributed by atoms with E-state index in [9.17, 15) is 13.2 Å². The molecule has 2 aliphatic heterocycles. The Morgan fingerprint density at radius 3 is 2.67 bits per heavy atom. The van der Waals surface area contributed by atoms with Crippen molar-refractivity contribution in [3.8, 4) is 5.75 Å². The van der Waals surface area contributed by atoms with Gasteiger partial charge in [0.1, 0.15) is 5.75 Å². The van der Waals surface area contributed by atoms with E-state index in [-0.39, 0.29) is 18.3 Å². The first-order valence-electron chi connectivity index (χ1n) is 8.24. The normalized spacial score (nSPS) is 19.5. The quantitative estimate of drug-likeness (QED) is 0.850. The lowest BCUT2D eigenvalue weighted by Gasteiger charge is -2.34. The van der Waals surface area contributed by atoms with Crippen molar-refractivity contribution in [3.05, 3.63) is 23.8 Å². The van der Waals surface area contributed by atoms with Crippen LogP contribution in [-0.2, 0) is 21.4 Å². The van der Waals surface area contributed by atoms with Crippen molar-refractivity contribution in [2.45, 2.75) is 19.9 Å². The number of benzene rings is 1. The van der Waals surface area contributed by atoms with Gasteiger partial charge in [-0.25, -0.2) is 8.42 Å². The number of anilines is 1. The molecule has 2 aliphatic rings. The molecular formula is C16H23N3O4S. The van der Waals surface area contributed by atoms with Gasteiger partial charge in [-0.05, 0) is 12.5 Å². The summed E-state index contributed by atoms with van der Waals surface area (Å²) in [5.74, 6) is 0.791. The van der Waals surface area contributed by atoms with Crippen molar-refractivity contribution >= 4 is 21.6 Å². The summed E-state index contributed by atoms with van der Waals surface area (Å²) < 4.78 is 31.4. The third-order valence-corrected chi connectivity index (χ3v) is 6.38. The Morgan fingerprint density at radius 1 is 1.21 bits per heavy atom. The van der Waals surface area contributed by atoms with Gasteiger partial charge in [-0.3, -0.25) is 9.69 Å². The summed E-state index contributed by atoms with van der Waals surface area (Å²) in [5, 5.41) is 2.81. The van der Waals surface area contributed by atoms with E-state index in [2.05, 4.69) is 10.2 Å². The van der Waals surface area contributed by atoms with E-state index in [0.717, 1.165) is 11.3 Å². The van der Waals surface area contributed by atoms with Crippen LogP contribution in [-0.4, -0.2) is 62.1 Å². The number of rotatable bonds is 5. The summed E-state index contributed by atoms with van der Waals surface area (Å²) >= 11 is 0. The molecule has 0 radical (unpaired) electrons. The Hall–Kier alpha value is -1.64. The first-order valence-corrected chi connectivity index (χ1v) is 9.85. The molecule has 1 saturated heterocycles. The second-order valence-electron chi connectivity index (χ2n) is 6.12. The molecule has 132 valence electrons. The highest BCUT2D eigenvalue weighted by molar-refractivity contribution is 7.89. The summed E-state index contributed by atoms with van der Waals surface area (Å²) in [7, 11) is -3.12. The minimum atomic E-state index is -3.12. The lowest BCUT2D eigenvalue weighted by molar-refractivity contribution is -0.118. The van der Waals surface area contributed by atoms with Crippen LogP contribution in [0.25, 0.3) is 0 Å². The minimum Gasteiger partial charge on any atom is -0.481 e. The van der Waals surface area contributed by atoms with Gasteiger partial charge in [0.2, 0.25) is 10.0 Å². The maximum Gasteiger partial charge on any atom is 0.262 e. The van der Waals surface area contributed by atoms with Crippen LogP contribution < -0.4 is 10.1 Å². The number of carbonyl (C=O) groups is 1. The molecule has 0 atom stereocenters. The van der Waals surface area contributed by atoms with Gasteiger partial charge in [0.25, 0.3) is 5.91 Å². The van der Waals surface area contributed by atoms with E-state index in [4.69, 9.17) is 4.74 Å². The molecule has 2 heterocycles. The van der Waals surface area contributed by atoms with Crippen molar-refractivity contribution in [1.29, 1.82) is 0 Å². The van der Waals surface area contributed by atoms with Gasteiger partial charge in [-0.1, -0.05) is 19.1 Å². The molecule has 0 bridgehead atoms. The van der Waals surface area contributed by atoms with E-state index in [1.54, 1.807) is 4.31 Å². The molecule has 0 spiro atoms. The number of hydrogen-bond acceptors (Lipinski definition) is 5. The Labute approximate surface area is 142 Å². The molecule has 8 heteroatoms. The molecule has 0 aliphatic carbocycles. The van der Waals surface area contributed by atoms with Gasteiger partial charge in [-0.2, -0.15) is 4.31 Å². The monoisotopic (exact) mass is 353 g/mol. The maximum absolute atomic E-state index is 12.1. The zero-order valence-corrected chi connectivity index (χ0v) is 14.6. The maximum atomic E-state index is 12.1. The Balaban J connectivity index is 1.63. The van der Waals surface area contributed by atoms with Gasteiger partial charge < -0.3 is 10.1 Å². The van der Waals surface area contributed by atoms with Crippen molar-refractivity contribution in [2.24, 2.45) is 0 Å². The topological polar surface area (TPSA) is 79.0 Å². The summed E-state index contributed by atoms with van der Waals surface area (Å²) in [5.41, 5.74) is 1.71. The highest BCUT2D eigenvalue weighted by Gasteiger charge is 2.27. The summed E-state index contributed by atoms with van der Waals surface area (Å²) in [4.78, 5) is 13.6. The number of fused-ring (bicyclic) bond motifs is 1. The Kier molecular flexibility index (Phi) is 5.07. The number of nitrogens with zero attached hydrogens (tertiary/aromatic N) is 2. The van der Waals surface area contributed by atoms with E-state index < -0.39 is 10.0 Å². The molecule has 1 aromatic rings. The van der Waals surface area contributed by atoms with Gasteiger partial charge in [-0.15, -0.1) is 0 Å². The second-order valence-corrected chi connectivity index (χ2v) is 8.21. The summed E-state index contributed by atoms with van der Waals surface area (Å²) in [6.45, 7) is 5.03. The second kappa shape index (κ2) is 7.08. The number of ether oxygens (including phenoxy) is 1. The van der Waals surface area contributed by atoms with Crippen LogP contribution in [0.1, 0.15) is 18.9 Å². The van der Waals surface area contributed by atoms with Crippen LogP contribution in [0.15, 0.2) is 18.2 Å². The number of carbonyl (C=O) groups excluding carboxylic acids is 1. The SMILES string of the molecule is CCCS(=O)(=O)N1CCN(Cc2cccc3c2OCC(=O)N3)CC1. The number of amides is 1. The fraction of sp³-hybridized carbons (Fsp3) is 0.562. The van der Waals surface area contributed by atoms with Gasteiger partial charge in [0.15, 0.2) is 6.61 Å². The van der Waals surface area contributed by atoms with Crippen LogP contribution in [0, 0.1) is 0 Å². The average molecular weight is 353 g/mol. The van der Waals surface area contributed by atoms with Gasteiger partial charge in [0.05, 0.1) is 11.4 Å². The third-order valence-electron chi connectivity index (χ3n) is 4.30. The average Bonchev–Trinajstić information content (AvgIpc) is 2.55. The van der Waals surface area contributed by atoms with Crippen LogP contribution in [0.4, 0.5) is 5.69 Å². The summed E-state index contributed by atoms with van der Waals surface area (Å²) in [6.07, 6.45) is 0.641. The molecule has 0 aromatic heterocycles. The first-order chi connectivity index (χ1) is 11.5. The number of piperazine rings is 1. The highest BCUT2D eigenvalue weighted by atomic mass is 32.2. The van der Waals surface area contributed by atoms with E-state index >= 15 is 0 Å². The fourth-order valence-electron chi connectivity index (χ4n) is 3.10. The lowest BCUT2D eigenvalue weighted by atomic mass is 10.1. The predicted octanol–water partition coefficient (Wildman–Crippen LogP) is 0.875. The third kappa shape index (κ3) is 3.71. The standard InChI is InChI=1S/C16H23N3O4S/c1-2-10-24(21,22)19-8-6-18(7-9-19)11-13-4-3-5-14-16(13)23-12-15(20)17-14/h3-5H,2,6-12H2,1H3,(H,17,20). The molecule has 1 aromatic carbocycles. The van der Waals surface area contributed by atoms with E-state index in [0.29, 0.717) is 44.8 Å². The Morgan fingerprint density at radius 2 is 1.96 bits per heavy atom. The fourth-order valence-corrected chi connectivity index (χ4v) is 4.59. The molecule has 1 fully saturated rings. The number of hydrogen-bond donors (Lipinski definition) is 1. The molecule has 3 rings (SSSR count). The molecule has 24 heavy (non-hydrogen) atoms. The van der Waals surface area contributed by atoms with E-state index in [1.165, 1.54) is 0 Å². The van der Waals surface area contributed by atoms with Crippen LogP contribution in [0.5, 0.6) is 5.75 Å². The van der Waals surface area contributed by atoms with Crippen LogP contribution >= 0.6 is 0 Å². The van der Waals surface area contributed by atoms with Gasteiger partial charge >= 0.3 is 0 Å². The van der Waals surface area contributed by atoms with Crippen LogP contribution in [0.3, 0.4) is 0 Å². The highest BCUT2D eigenvalue weighted by Crippen LogP contribution is 2.32. The van der Waals surface area contributed by atoms with E-state index in [1.807, 2.05) is 25.1 Å². The molecule has 0 saturated carbocycles. The number of para-hydroxylation sites is 1. The largest absolute Gasteiger partial charge is 0.481 e. The predicted molar refractivity (Wildman–Crippen MR) is 91.5 cm³/mol. The lowest BCUT2D eigenvalue weighted by Crippen LogP contribution is -2.48. The van der Waals surface area contributed by atoms with Gasteiger partial charge in [0, 0.05) is 38.3 Å². The van der Waals surface area contributed by atoms with Crippen molar-refractivity contribution in [1.82, 2.24) is 9.21 Å². The molecule has 1 amide bonds. The zero-order valence-electron chi connectivity index (χ0n) is 13.8. The Bertz CT molecular complexity index is 712. The molecular weight excluding hydrogens is 330 g/mol. The zero-order chi connectivity index (χ0) is 17.2. The van der Waals surface area contributed by atoms with Crippen LogP contribution in [0.2, 0.25) is 0 Å². The molecule has 7 nitrogen and oxygen atoms in total. The number of nitrogens with one attached hydrogen (secondary N) is 1. The number of sulfonamides is 1. The smallest absolute Gasteiger partial charge is 0.262 e. The summed E-state index contributed by atoms with van der Waals surface area (Å²) in [6, 6.07) is 5.70. The first kappa shape index (κ1) is 17.2. The van der Waals surface area contributed by atoms with Crippen molar-refractivity contribution in [3.63, 3.8) is 0 Å². The molecule has 0 unspecified atom stereocenters. The van der Waals surface area contributed by atoms with Crippen molar-refractivity contribution in [2.75, 3.05) is 43.9 Å².